The Hall–Kier alpha value is -2.71. The normalized spacial score (nSPS) is 12.1. The minimum Gasteiger partial charge on any atom is -0.354 e. The highest BCUT2D eigenvalue weighted by Crippen LogP contribution is 2.12. The lowest BCUT2D eigenvalue weighted by molar-refractivity contribution is -0.385. The van der Waals surface area contributed by atoms with Gasteiger partial charge < -0.3 is 5.32 Å². The van der Waals surface area contributed by atoms with E-state index in [1.54, 1.807) is 6.92 Å². The van der Waals surface area contributed by atoms with Crippen molar-refractivity contribution in [2.45, 2.75) is 39.8 Å². The summed E-state index contributed by atoms with van der Waals surface area (Å²) in [7, 11) is 0. The molecule has 124 valence electrons. The summed E-state index contributed by atoms with van der Waals surface area (Å²) in [6.07, 6.45) is 3.13. The molecule has 23 heavy (non-hydrogen) atoms. The smallest absolute Gasteiger partial charge is 0.307 e. The molecule has 0 saturated carbocycles. The third-order valence-corrected chi connectivity index (χ3v) is 3.52. The van der Waals surface area contributed by atoms with Crippen molar-refractivity contribution < 1.29 is 9.72 Å². The van der Waals surface area contributed by atoms with Gasteiger partial charge in [-0.3, -0.25) is 24.3 Å². The predicted octanol–water partition coefficient (Wildman–Crippen LogP) is 1.37. The lowest BCUT2D eigenvalue weighted by Crippen LogP contribution is -2.32. The van der Waals surface area contributed by atoms with Crippen LogP contribution in [0.15, 0.2) is 18.5 Å². The first-order valence-electron chi connectivity index (χ1n) is 7.36. The van der Waals surface area contributed by atoms with Crippen LogP contribution in [0.4, 0.5) is 5.69 Å². The van der Waals surface area contributed by atoms with Gasteiger partial charge in [-0.1, -0.05) is 0 Å². The molecule has 0 saturated heterocycles. The van der Waals surface area contributed by atoms with Gasteiger partial charge in [0.1, 0.15) is 18.4 Å². The molecule has 1 atom stereocenters. The van der Waals surface area contributed by atoms with Crippen molar-refractivity contribution in [2.24, 2.45) is 0 Å². The first-order valence-corrected chi connectivity index (χ1v) is 7.36. The molecule has 0 aromatic carbocycles. The fraction of sp³-hybridized carbons (Fsp3) is 0.500. The monoisotopic (exact) mass is 320 g/mol. The molecule has 2 aromatic rings. The van der Waals surface area contributed by atoms with Crippen LogP contribution in [0.1, 0.15) is 30.8 Å². The number of carbonyl (C=O) groups is 1. The number of hydrogen-bond acceptors (Lipinski definition) is 5. The van der Waals surface area contributed by atoms with Gasteiger partial charge in [0.05, 0.1) is 10.6 Å². The van der Waals surface area contributed by atoms with Crippen LogP contribution in [0, 0.1) is 24.0 Å². The van der Waals surface area contributed by atoms with Crippen molar-refractivity contribution in [3.8, 4) is 0 Å². The van der Waals surface area contributed by atoms with Gasteiger partial charge in [-0.25, -0.2) is 0 Å². The zero-order chi connectivity index (χ0) is 17.0. The topological polar surface area (TPSA) is 108 Å². The van der Waals surface area contributed by atoms with Crippen LogP contribution in [0.5, 0.6) is 0 Å². The van der Waals surface area contributed by atoms with Crippen molar-refractivity contribution in [3.05, 3.63) is 40.0 Å². The molecular formula is C14H20N6O3. The summed E-state index contributed by atoms with van der Waals surface area (Å²) in [6, 6.07) is 1.41. The maximum atomic E-state index is 12.0. The Bertz CT molecular complexity index is 705. The molecule has 0 radical (unpaired) electrons. The van der Waals surface area contributed by atoms with Crippen molar-refractivity contribution in [1.82, 2.24) is 24.9 Å². The lowest BCUT2D eigenvalue weighted by atomic mass is 10.3. The molecule has 2 aromatic heterocycles. The Kier molecular flexibility index (Phi) is 5.09. The molecule has 0 fully saturated rings. The zero-order valence-electron chi connectivity index (χ0n) is 13.4. The van der Waals surface area contributed by atoms with Crippen LogP contribution < -0.4 is 5.32 Å². The number of rotatable bonds is 7. The van der Waals surface area contributed by atoms with E-state index in [-0.39, 0.29) is 11.6 Å². The van der Waals surface area contributed by atoms with E-state index >= 15 is 0 Å². The molecular weight excluding hydrogens is 300 g/mol. The molecule has 1 amide bonds. The molecule has 2 heterocycles. The molecule has 1 N–H and O–H groups in total. The molecule has 9 nitrogen and oxygen atoms in total. The zero-order valence-corrected chi connectivity index (χ0v) is 13.4. The summed E-state index contributed by atoms with van der Waals surface area (Å²) in [4.78, 5) is 22.1. The van der Waals surface area contributed by atoms with Crippen LogP contribution in [-0.4, -0.2) is 36.9 Å². The Morgan fingerprint density at radius 3 is 2.78 bits per heavy atom. The first kappa shape index (κ1) is 16.7. The second-order valence-electron chi connectivity index (χ2n) is 5.41. The average molecular weight is 320 g/mol. The third kappa shape index (κ3) is 4.15. The fourth-order valence-corrected chi connectivity index (χ4v) is 2.24. The predicted molar refractivity (Wildman–Crippen MR) is 82.9 cm³/mol. The Labute approximate surface area is 133 Å². The fourth-order valence-electron chi connectivity index (χ4n) is 2.24. The van der Waals surface area contributed by atoms with Gasteiger partial charge in [-0.05, 0) is 33.3 Å². The van der Waals surface area contributed by atoms with E-state index in [0.717, 1.165) is 30.6 Å². The first-order chi connectivity index (χ1) is 10.9. The van der Waals surface area contributed by atoms with Gasteiger partial charge in [-0.15, -0.1) is 0 Å². The highest BCUT2D eigenvalue weighted by atomic mass is 16.6. The van der Waals surface area contributed by atoms with Crippen LogP contribution in [0.25, 0.3) is 0 Å². The maximum absolute atomic E-state index is 12.0. The highest BCUT2D eigenvalue weighted by molar-refractivity contribution is 5.79. The van der Waals surface area contributed by atoms with E-state index in [2.05, 4.69) is 15.5 Å². The number of nitro groups is 1. The summed E-state index contributed by atoms with van der Waals surface area (Å²) in [5.74, 6) is -0.226. The molecule has 0 bridgehead atoms. The van der Waals surface area contributed by atoms with Gasteiger partial charge in [0.25, 0.3) is 0 Å². The Morgan fingerprint density at radius 1 is 1.48 bits per heavy atom. The summed E-state index contributed by atoms with van der Waals surface area (Å²) in [6.45, 7) is 6.81. The van der Waals surface area contributed by atoms with Crippen molar-refractivity contribution in [3.63, 3.8) is 0 Å². The standard InChI is InChI=1S/C14H20N6O3/c1-10-7-11(2)18(17-10)6-4-5-15-14(21)12(3)19-9-13(8-16-19)20(22)23/h7-9,12H,4-6H2,1-3H3,(H,15,21)/t12-/m1/s1. The number of nitrogens with zero attached hydrogens (tertiary/aromatic N) is 5. The van der Waals surface area contributed by atoms with Crippen LogP contribution in [0.2, 0.25) is 0 Å². The van der Waals surface area contributed by atoms with Gasteiger partial charge >= 0.3 is 5.69 Å². The maximum Gasteiger partial charge on any atom is 0.307 e. The average Bonchev–Trinajstić information content (AvgIpc) is 3.09. The molecule has 0 aliphatic carbocycles. The molecule has 2 rings (SSSR count). The SMILES string of the molecule is Cc1cc(C)n(CCCNC(=O)[C@@H](C)n2cc([N+](=O)[O-])cn2)n1. The minimum atomic E-state index is -0.600. The number of aromatic nitrogens is 4. The van der Waals surface area contributed by atoms with Crippen molar-refractivity contribution in [2.75, 3.05) is 6.54 Å². The van der Waals surface area contributed by atoms with E-state index in [9.17, 15) is 14.9 Å². The Morgan fingerprint density at radius 2 is 2.22 bits per heavy atom. The van der Waals surface area contributed by atoms with Crippen LogP contribution in [0.3, 0.4) is 0 Å². The summed E-state index contributed by atoms with van der Waals surface area (Å²) >= 11 is 0. The largest absolute Gasteiger partial charge is 0.354 e. The molecule has 0 spiro atoms. The number of nitrogens with one attached hydrogen (secondary N) is 1. The third-order valence-electron chi connectivity index (χ3n) is 3.52. The van der Waals surface area contributed by atoms with Gasteiger partial charge in [-0.2, -0.15) is 10.2 Å². The lowest BCUT2D eigenvalue weighted by Gasteiger charge is -2.12. The van der Waals surface area contributed by atoms with E-state index in [1.807, 2.05) is 24.6 Å². The summed E-state index contributed by atoms with van der Waals surface area (Å²) in [5.41, 5.74) is 1.93. The van der Waals surface area contributed by atoms with Gasteiger partial charge in [0, 0.05) is 18.8 Å². The van der Waals surface area contributed by atoms with Gasteiger partial charge in [0.15, 0.2) is 0 Å². The number of aryl methyl sites for hydroxylation is 3. The van der Waals surface area contributed by atoms with Crippen LogP contribution in [-0.2, 0) is 11.3 Å². The minimum absolute atomic E-state index is 0.130. The van der Waals surface area contributed by atoms with Gasteiger partial charge in [0.2, 0.25) is 5.91 Å². The van der Waals surface area contributed by atoms with E-state index in [1.165, 1.54) is 10.9 Å². The summed E-state index contributed by atoms with van der Waals surface area (Å²) < 4.78 is 3.19. The summed E-state index contributed by atoms with van der Waals surface area (Å²) in [5, 5.41) is 21.6. The van der Waals surface area contributed by atoms with Crippen molar-refractivity contribution >= 4 is 11.6 Å². The quantitative estimate of drug-likeness (QED) is 0.471. The number of carbonyl (C=O) groups excluding carboxylic acids is 1. The Balaban J connectivity index is 1.79. The highest BCUT2D eigenvalue weighted by Gasteiger charge is 2.18. The second kappa shape index (κ2) is 7.03. The number of amides is 1. The molecule has 0 unspecified atom stereocenters. The molecule has 0 aliphatic heterocycles. The molecule has 9 heteroatoms. The van der Waals surface area contributed by atoms with Crippen LogP contribution >= 0.6 is 0 Å². The number of hydrogen-bond donors (Lipinski definition) is 1. The second-order valence-corrected chi connectivity index (χ2v) is 5.41. The molecule has 0 aliphatic rings. The van der Waals surface area contributed by atoms with E-state index in [4.69, 9.17) is 0 Å². The van der Waals surface area contributed by atoms with E-state index in [0.29, 0.717) is 6.54 Å². The van der Waals surface area contributed by atoms with Crippen molar-refractivity contribution in [1.29, 1.82) is 0 Å². The van der Waals surface area contributed by atoms with E-state index < -0.39 is 11.0 Å².